The third-order valence-electron chi connectivity index (χ3n) is 6.97. The Labute approximate surface area is 249 Å². The van der Waals surface area contributed by atoms with Crippen LogP contribution in [0, 0.1) is 5.92 Å². The lowest BCUT2D eigenvalue weighted by Crippen LogP contribution is -2.58. The molecule has 1 aromatic heterocycles. The lowest BCUT2D eigenvalue weighted by Gasteiger charge is -2.25. The van der Waals surface area contributed by atoms with Gasteiger partial charge in [-0.3, -0.25) is 19.2 Å². The second-order valence-corrected chi connectivity index (χ2v) is 10.9. The van der Waals surface area contributed by atoms with Crippen molar-refractivity contribution in [1.29, 1.82) is 0 Å². The molecule has 0 spiro atoms. The van der Waals surface area contributed by atoms with Crippen molar-refractivity contribution in [2.45, 2.75) is 70.1 Å². The highest BCUT2D eigenvalue weighted by molar-refractivity contribution is 5.95. The van der Waals surface area contributed by atoms with Crippen molar-refractivity contribution < 1.29 is 34.2 Å². The van der Waals surface area contributed by atoms with E-state index in [1.54, 1.807) is 20.0 Å². The van der Waals surface area contributed by atoms with Crippen LogP contribution >= 0.6 is 0 Å². The molecule has 230 valence electrons. The number of carbonyl (C=O) groups is 5. The molecule has 2 aromatic carbocycles. The maximum atomic E-state index is 13.7. The third-order valence-corrected chi connectivity index (χ3v) is 6.97. The molecule has 0 radical (unpaired) electrons. The molecule has 4 atom stereocenters. The summed E-state index contributed by atoms with van der Waals surface area (Å²) in [6.07, 6.45) is 1.38. The highest BCUT2D eigenvalue weighted by Crippen LogP contribution is 2.19. The fraction of sp³-hybridized carbons (Fsp3) is 0.387. The van der Waals surface area contributed by atoms with Crippen molar-refractivity contribution in [2.75, 3.05) is 0 Å². The maximum Gasteiger partial charge on any atom is 0.326 e. The van der Waals surface area contributed by atoms with Gasteiger partial charge in [-0.05, 0) is 42.4 Å². The molecule has 0 aliphatic rings. The van der Waals surface area contributed by atoms with E-state index >= 15 is 0 Å². The summed E-state index contributed by atoms with van der Waals surface area (Å²) >= 11 is 0. The fourth-order valence-electron chi connectivity index (χ4n) is 4.74. The number of carboxylic acid groups (broad SMARTS) is 2. The standard InChI is InChI=1S/C31H39N5O7/c1-18(2)14-26(31(42)43)36-29(40)24(12-13-27(37)38)34-30(41)25(16-20-17-33-23-11-7-6-10-21(20)23)35-28(39)22(32)15-19-8-4-3-5-9-19/h3-11,17-18,22,24-26,33H,12-16,32H2,1-2H3,(H,34,41)(H,35,39)(H,36,40)(H,37,38)(H,42,43). The monoisotopic (exact) mass is 593 g/mol. The number of amides is 3. The van der Waals surface area contributed by atoms with Gasteiger partial charge in [-0.2, -0.15) is 0 Å². The minimum Gasteiger partial charge on any atom is -0.481 e. The maximum absolute atomic E-state index is 13.7. The number of aliphatic carboxylic acids is 2. The van der Waals surface area contributed by atoms with Gasteiger partial charge >= 0.3 is 11.9 Å². The lowest BCUT2D eigenvalue weighted by molar-refractivity contribution is -0.143. The van der Waals surface area contributed by atoms with Crippen LogP contribution in [0.5, 0.6) is 0 Å². The van der Waals surface area contributed by atoms with Crippen molar-refractivity contribution in [3.63, 3.8) is 0 Å². The van der Waals surface area contributed by atoms with Crippen LogP contribution in [-0.2, 0) is 36.8 Å². The molecule has 0 fully saturated rings. The number of benzene rings is 2. The summed E-state index contributed by atoms with van der Waals surface area (Å²) in [7, 11) is 0. The Kier molecular flexibility index (Phi) is 11.8. The Balaban J connectivity index is 1.84. The van der Waals surface area contributed by atoms with Gasteiger partial charge in [-0.1, -0.05) is 62.4 Å². The predicted molar refractivity (Wildman–Crippen MR) is 160 cm³/mol. The van der Waals surface area contributed by atoms with Crippen LogP contribution in [0.1, 0.15) is 44.2 Å². The molecule has 43 heavy (non-hydrogen) atoms. The van der Waals surface area contributed by atoms with Gasteiger partial charge in [-0.15, -0.1) is 0 Å². The normalized spacial score (nSPS) is 14.0. The van der Waals surface area contributed by atoms with E-state index in [4.69, 9.17) is 5.73 Å². The number of hydrogen-bond acceptors (Lipinski definition) is 6. The van der Waals surface area contributed by atoms with Crippen molar-refractivity contribution >= 4 is 40.6 Å². The molecule has 12 heteroatoms. The van der Waals surface area contributed by atoms with E-state index in [1.807, 2.05) is 54.6 Å². The van der Waals surface area contributed by atoms with Crippen LogP contribution in [0.25, 0.3) is 10.9 Å². The molecular weight excluding hydrogens is 554 g/mol. The summed E-state index contributed by atoms with van der Waals surface area (Å²) in [6, 6.07) is 11.8. The predicted octanol–water partition coefficient (Wildman–Crippen LogP) is 1.73. The first-order valence-electron chi connectivity index (χ1n) is 14.1. The molecule has 0 aliphatic heterocycles. The van der Waals surface area contributed by atoms with Crippen molar-refractivity contribution in [1.82, 2.24) is 20.9 Å². The van der Waals surface area contributed by atoms with E-state index in [9.17, 15) is 34.2 Å². The summed E-state index contributed by atoms with van der Waals surface area (Å²) in [4.78, 5) is 66.1. The Bertz CT molecular complexity index is 1420. The number of carboxylic acids is 2. The minimum absolute atomic E-state index is 0.0397. The molecule has 12 nitrogen and oxygen atoms in total. The van der Waals surface area contributed by atoms with Gasteiger partial charge in [-0.25, -0.2) is 4.79 Å². The van der Waals surface area contributed by atoms with Gasteiger partial charge in [0.05, 0.1) is 6.04 Å². The quantitative estimate of drug-likeness (QED) is 0.130. The van der Waals surface area contributed by atoms with Gasteiger partial charge in [0.15, 0.2) is 0 Å². The number of nitrogens with two attached hydrogens (primary N) is 1. The van der Waals surface area contributed by atoms with Gasteiger partial charge in [0.1, 0.15) is 18.1 Å². The van der Waals surface area contributed by atoms with Crippen molar-refractivity contribution in [3.8, 4) is 0 Å². The molecule has 8 N–H and O–H groups in total. The van der Waals surface area contributed by atoms with Crippen LogP contribution in [-0.4, -0.2) is 69.0 Å². The zero-order valence-electron chi connectivity index (χ0n) is 24.2. The van der Waals surface area contributed by atoms with E-state index in [0.717, 1.165) is 22.0 Å². The average molecular weight is 594 g/mol. The van der Waals surface area contributed by atoms with E-state index in [1.165, 1.54) is 0 Å². The first kappa shape index (κ1) is 32.8. The largest absolute Gasteiger partial charge is 0.481 e. The van der Waals surface area contributed by atoms with Gasteiger partial charge in [0.2, 0.25) is 17.7 Å². The summed E-state index contributed by atoms with van der Waals surface area (Å²) in [5.41, 5.74) is 8.57. The zero-order valence-corrected chi connectivity index (χ0v) is 24.2. The molecular formula is C31H39N5O7. The van der Waals surface area contributed by atoms with Gasteiger partial charge in [0.25, 0.3) is 0 Å². The minimum atomic E-state index is -1.36. The molecule has 3 amide bonds. The number of para-hydroxylation sites is 1. The Morgan fingerprint density at radius 2 is 1.40 bits per heavy atom. The number of rotatable bonds is 16. The van der Waals surface area contributed by atoms with E-state index < -0.39 is 60.2 Å². The Hall–Kier alpha value is -4.71. The zero-order chi connectivity index (χ0) is 31.5. The molecule has 1 heterocycles. The van der Waals surface area contributed by atoms with Crippen LogP contribution < -0.4 is 21.7 Å². The van der Waals surface area contributed by atoms with Crippen LogP contribution in [0.4, 0.5) is 0 Å². The van der Waals surface area contributed by atoms with Crippen LogP contribution in [0.3, 0.4) is 0 Å². The first-order chi connectivity index (χ1) is 20.4. The number of aromatic amines is 1. The number of nitrogens with one attached hydrogen (secondary N) is 4. The molecule has 3 rings (SSSR count). The van der Waals surface area contributed by atoms with Crippen molar-refractivity contribution in [3.05, 3.63) is 71.9 Å². The van der Waals surface area contributed by atoms with Crippen LogP contribution in [0.15, 0.2) is 60.8 Å². The SMILES string of the molecule is CC(C)CC(NC(=O)C(CCC(=O)O)NC(=O)C(Cc1c[nH]c2ccccc12)NC(=O)C(N)Cc1ccccc1)C(=O)O. The molecule has 0 saturated carbocycles. The fourth-order valence-corrected chi connectivity index (χ4v) is 4.74. The number of fused-ring (bicyclic) bond motifs is 1. The number of hydrogen-bond donors (Lipinski definition) is 7. The third kappa shape index (κ3) is 9.96. The average Bonchev–Trinajstić information content (AvgIpc) is 3.37. The summed E-state index contributed by atoms with van der Waals surface area (Å²) in [6.45, 7) is 3.60. The second-order valence-electron chi connectivity index (χ2n) is 10.9. The smallest absolute Gasteiger partial charge is 0.326 e. The molecule has 0 aliphatic carbocycles. The van der Waals surface area contributed by atoms with Crippen LogP contribution in [0.2, 0.25) is 0 Å². The number of carbonyl (C=O) groups excluding carboxylic acids is 3. The van der Waals surface area contributed by atoms with E-state index in [0.29, 0.717) is 0 Å². The molecule has 0 saturated heterocycles. The summed E-state index contributed by atoms with van der Waals surface area (Å²) < 4.78 is 0. The topological polar surface area (TPSA) is 204 Å². The van der Waals surface area contributed by atoms with E-state index in [-0.39, 0.29) is 31.6 Å². The van der Waals surface area contributed by atoms with Gasteiger partial charge < -0.3 is 36.9 Å². The second kappa shape index (κ2) is 15.5. The van der Waals surface area contributed by atoms with E-state index in [2.05, 4.69) is 20.9 Å². The summed E-state index contributed by atoms with van der Waals surface area (Å²) in [5.74, 6) is -4.66. The number of H-pyrrole nitrogens is 1. The molecule has 4 unspecified atom stereocenters. The van der Waals surface area contributed by atoms with Crippen molar-refractivity contribution in [2.24, 2.45) is 11.7 Å². The Morgan fingerprint density at radius 3 is 2.05 bits per heavy atom. The van der Waals surface area contributed by atoms with Gasteiger partial charge in [0, 0.05) is 29.9 Å². The highest BCUT2D eigenvalue weighted by atomic mass is 16.4. The molecule has 3 aromatic rings. The summed E-state index contributed by atoms with van der Waals surface area (Å²) in [5, 5.41) is 27.3. The first-order valence-corrected chi connectivity index (χ1v) is 14.1. The lowest BCUT2D eigenvalue weighted by atomic mass is 10.0. The Morgan fingerprint density at radius 1 is 0.791 bits per heavy atom. The molecule has 0 bridgehead atoms. The number of aromatic nitrogens is 1. The highest BCUT2D eigenvalue weighted by Gasteiger charge is 2.31.